The fourth-order valence-electron chi connectivity index (χ4n) is 2.95. The molecule has 0 aromatic heterocycles. The van der Waals surface area contributed by atoms with E-state index in [9.17, 15) is 9.90 Å². The number of benzene rings is 1. The van der Waals surface area contributed by atoms with Gasteiger partial charge in [-0.05, 0) is 30.4 Å². The summed E-state index contributed by atoms with van der Waals surface area (Å²) in [6.45, 7) is 0. The first-order valence-corrected chi connectivity index (χ1v) is 6.82. The van der Waals surface area contributed by atoms with E-state index in [-0.39, 0.29) is 5.92 Å². The second kappa shape index (κ2) is 3.91. The lowest BCUT2D eigenvalue weighted by Crippen LogP contribution is -2.53. The summed E-state index contributed by atoms with van der Waals surface area (Å²) in [5.74, 6) is 0.118. The molecule has 0 fully saturated rings. The van der Waals surface area contributed by atoms with Gasteiger partial charge in [0.15, 0.2) is 0 Å². The summed E-state index contributed by atoms with van der Waals surface area (Å²) in [6, 6.07) is 7.85. The molecule has 1 heterocycles. The van der Waals surface area contributed by atoms with E-state index in [1.54, 1.807) is 11.8 Å². The van der Waals surface area contributed by atoms with Gasteiger partial charge in [-0.2, -0.15) is 0 Å². The summed E-state index contributed by atoms with van der Waals surface area (Å²) in [7, 11) is 0. The van der Waals surface area contributed by atoms with Crippen molar-refractivity contribution in [2.75, 3.05) is 5.75 Å². The average molecular weight is 245 g/mol. The van der Waals surface area contributed by atoms with Crippen LogP contribution < -0.4 is 5.11 Å². The van der Waals surface area contributed by atoms with Crippen molar-refractivity contribution in [2.24, 2.45) is 5.92 Å². The summed E-state index contributed by atoms with van der Waals surface area (Å²) < 4.78 is 0. The zero-order valence-electron chi connectivity index (χ0n) is 9.39. The number of allylic oxidation sites excluding steroid dienone is 2. The van der Waals surface area contributed by atoms with Crippen LogP contribution in [0, 0.1) is 5.92 Å². The van der Waals surface area contributed by atoms with Gasteiger partial charge in [0.1, 0.15) is 0 Å². The second-order valence-corrected chi connectivity index (χ2v) is 5.74. The van der Waals surface area contributed by atoms with Crippen LogP contribution in [0.4, 0.5) is 0 Å². The standard InChI is InChI=1S/C14H14O2S/c15-13(16)14-8-4-3-5-10(14)9-17-12-7-2-1-6-11(12)14/h1-4,6-7,10H,5,8-9H2,(H,15,16)/p-1. The molecule has 0 N–H and O–H groups in total. The first kappa shape index (κ1) is 10.9. The monoisotopic (exact) mass is 245 g/mol. The Morgan fingerprint density at radius 2 is 2.18 bits per heavy atom. The number of aliphatic carboxylic acids is 1. The van der Waals surface area contributed by atoms with Crippen molar-refractivity contribution < 1.29 is 9.90 Å². The Hall–Kier alpha value is -1.22. The minimum absolute atomic E-state index is 0.164. The zero-order chi connectivity index (χ0) is 11.9. The molecule has 1 aromatic rings. The number of hydrogen-bond donors (Lipinski definition) is 0. The Labute approximate surface area is 105 Å². The molecule has 0 saturated heterocycles. The van der Waals surface area contributed by atoms with Crippen molar-refractivity contribution in [1.29, 1.82) is 0 Å². The average Bonchev–Trinajstić information content (AvgIpc) is 2.38. The van der Waals surface area contributed by atoms with Crippen molar-refractivity contribution in [3.8, 4) is 0 Å². The van der Waals surface area contributed by atoms with Gasteiger partial charge >= 0.3 is 0 Å². The maximum Gasteiger partial charge on any atom is 0.0526 e. The lowest BCUT2D eigenvalue weighted by Gasteiger charge is -2.47. The van der Waals surface area contributed by atoms with Gasteiger partial charge in [-0.1, -0.05) is 30.4 Å². The highest BCUT2D eigenvalue weighted by atomic mass is 32.2. The fraction of sp³-hybridized carbons (Fsp3) is 0.357. The molecule has 2 aliphatic rings. The molecular formula is C14H13O2S-. The minimum Gasteiger partial charge on any atom is -0.549 e. The van der Waals surface area contributed by atoms with E-state index in [1.165, 1.54) is 0 Å². The molecule has 0 bridgehead atoms. The third-order valence-corrected chi connectivity index (χ3v) is 5.13. The van der Waals surface area contributed by atoms with Crippen LogP contribution in [0.2, 0.25) is 0 Å². The lowest BCUT2D eigenvalue weighted by molar-refractivity contribution is -0.316. The van der Waals surface area contributed by atoms with Crippen molar-refractivity contribution in [1.82, 2.24) is 0 Å². The molecule has 2 unspecified atom stereocenters. The Kier molecular flexibility index (Phi) is 2.51. The summed E-state index contributed by atoms with van der Waals surface area (Å²) in [4.78, 5) is 12.8. The highest BCUT2D eigenvalue weighted by Crippen LogP contribution is 2.50. The number of carboxylic acids is 1. The first-order valence-electron chi connectivity index (χ1n) is 5.84. The van der Waals surface area contributed by atoms with Crippen LogP contribution in [0.1, 0.15) is 18.4 Å². The normalized spacial score (nSPS) is 30.5. The maximum atomic E-state index is 11.7. The van der Waals surface area contributed by atoms with Gasteiger partial charge in [0.25, 0.3) is 0 Å². The molecule has 0 saturated carbocycles. The second-order valence-electron chi connectivity index (χ2n) is 4.67. The lowest BCUT2D eigenvalue weighted by atomic mass is 9.65. The van der Waals surface area contributed by atoms with E-state index in [2.05, 4.69) is 6.08 Å². The van der Waals surface area contributed by atoms with Crippen LogP contribution >= 0.6 is 11.8 Å². The van der Waals surface area contributed by atoms with Gasteiger partial charge in [-0.3, -0.25) is 0 Å². The van der Waals surface area contributed by atoms with Crippen LogP contribution in [-0.2, 0) is 10.2 Å². The van der Waals surface area contributed by atoms with Crippen molar-refractivity contribution in [3.05, 3.63) is 42.0 Å². The first-order chi connectivity index (χ1) is 8.25. The number of thioether (sulfide) groups is 1. The number of fused-ring (bicyclic) bond motifs is 3. The van der Waals surface area contributed by atoms with Crippen LogP contribution in [0.5, 0.6) is 0 Å². The van der Waals surface area contributed by atoms with Crippen molar-refractivity contribution >= 4 is 17.7 Å². The van der Waals surface area contributed by atoms with Gasteiger partial charge in [0.2, 0.25) is 0 Å². The topological polar surface area (TPSA) is 40.1 Å². The van der Waals surface area contributed by atoms with Crippen LogP contribution in [0.25, 0.3) is 0 Å². The quantitative estimate of drug-likeness (QED) is 0.708. The minimum atomic E-state index is -0.917. The van der Waals surface area contributed by atoms with Crippen molar-refractivity contribution in [2.45, 2.75) is 23.2 Å². The molecule has 3 rings (SSSR count). The molecular weight excluding hydrogens is 232 g/mol. The third-order valence-electron chi connectivity index (χ3n) is 3.90. The van der Waals surface area contributed by atoms with E-state index >= 15 is 0 Å². The highest BCUT2D eigenvalue weighted by Gasteiger charge is 2.45. The largest absolute Gasteiger partial charge is 0.549 e. The summed E-state index contributed by atoms with van der Waals surface area (Å²) in [5.41, 5.74) is 0.155. The predicted molar refractivity (Wildman–Crippen MR) is 65.7 cm³/mol. The Bertz CT molecular complexity index is 495. The number of rotatable bonds is 1. The van der Waals surface area contributed by atoms with E-state index in [0.29, 0.717) is 6.42 Å². The Balaban J connectivity index is 2.22. The van der Waals surface area contributed by atoms with Crippen molar-refractivity contribution in [3.63, 3.8) is 0 Å². The maximum absolute atomic E-state index is 11.7. The van der Waals surface area contributed by atoms with E-state index in [4.69, 9.17) is 0 Å². The molecule has 2 atom stereocenters. The van der Waals surface area contributed by atoms with Gasteiger partial charge in [0, 0.05) is 16.1 Å². The van der Waals surface area contributed by atoms with Crippen LogP contribution in [-0.4, -0.2) is 11.7 Å². The molecule has 88 valence electrons. The highest BCUT2D eigenvalue weighted by molar-refractivity contribution is 7.99. The summed E-state index contributed by atoms with van der Waals surface area (Å²) >= 11 is 1.77. The van der Waals surface area contributed by atoms with Crippen LogP contribution in [0.15, 0.2) is 41.3 Å². The van der Waals surface area contributed by atoms with Gasteiger partial charge in [-0.15, -0.1) is 11.8 Å². The molecule has 17 heavy (non-hydrogen) atoms. The predicted octanol–water partition coefficient (Wildman–Crippen LogP) is 1.75. The van der Waals surface area contributed by atoms with E-state index < -0.39 is 11.4 Å². The van der Waals surface area contributed by atoms with Crippen LogP contribution in [0.3, 0.4) is 0 Å². The molecule has 1 aliphatic heterocycles. The van der Waals surface area contributed by atoms with Gasteiger partial charge in [0.05, 0.1) is 5.97 Å². The molecule has 1 aromatic carbocycles. The molecule has 1 aliphatic carbocycles. The fourth-order valence-corrected chi connectivity index (χ4v) is 4.33. The molecule has 3 heteroatoms. The number of hydrogen-bond acceptors (Lipinski definition) is 3. The Morgan fingerprint density at radius 1 is 1.35 bits per heavy atom. The van der Waals surface area contributed by atoms with E-state index in [1.807, 2.05) is 30.3 Å². The van der Waals surface area contributed by atoms with Gasteiger partial charge in [-0.25, -0.2) is 0 Å². The molecule has 0 spiro atoms. The van der Waals surface area contributed by atoms with E-state index in [0.717, 1.165) is 22.6 Å². The zero-order valence-corrected chi connectivity index (χ0v) is 10.2. The SMILES string of the molecule is O=C([O-])C12CC=CCC1CSc1ccccc12. The summed E-state index contributed by atoms with van der Waals surface area (Å²) in [6.07, 6.45) is 5.49. The molecule has 2 nitrogen and oxygen atoms in total. The Morgan fingerprint density at radius 3 is 3.00 bits per heavy atom. The third kappa shape index (κ3) is 1.45. The van der Waals surface area contributed by atoms with Gasteiger partial charge < -0.3 is 9.90 Å². The number of carbonyl (C=O) groups excluding carboxylic acids is 1. The number of carboxylic acid groups (broad SMARTS) is 1. The summed E-state index contributed by atoms with van der Waals surface area (Å²) in [5, 5.41) is 11.7. The number of carbonyl (C=O) groups is 1. The smallest absolute Gasteiger partial charge is 0.0526 e. The molecule has 0 amide bonds. The molecule has 0 radical (unpaired) electrons.